The molecule has 2 atom stereocenters. The van der Waals surface area contributed by atoms with Gasteiger partial charge in [-0.2, -0.15) is 0 Å². The van der Waals surface area contributed by atoms with Gasteiger partial charge in [-0.05, 0) is 37.2 Å². The molecule has 1 aliphatic heterocycles. The highest BCUT2D eigenvalue weighted by molar-refractivity contribution is 8.00. The standard InChI is InChI=1S/C12H17NOS/c1-8-6-11(13-2)10-7-9(14-3)4-5-12(10)15-8/h4-5,7-8,11,13H,6H2,1-3H3. The predicted octanol–water partition coefficient (Wildman–Crippen LogP) is 2.84. The van der Waals surface area contributed by atoms with Crippen LogP contribution in [-0.4, -0.2) is 19.4 Å². The summed E-state index contributed by atoms with van der Waals surface area (Å²) in [4.78, 5) is 1.38. The topological polar surface area (TPSA) is 21.3 Å². The largest absolute Gasteiger partial charge is 0.497 e. The number of benzene rings is 1. The van der Waals surface area contributed by atoms with E-state index in [0.29, 0.717) is 11.3 Å². The van der Waals surface area contributed by atoms with Crippen LogP contribution in [0.3, 0.4) is 0 Å². The molecule has 0 spiro atoms. The Morgan fingerprint density at radius 1 is 1.47 bits per heavy atom. The van der Waals surface area contributed by atoms with Crippen molar-refractivity contribution in [3.8, 4) is 5.75 Å². The van der Waals surface area contributed by atoms with E-state index in [-0.39, 0.29) is 0 Å². The first-order valence-electron chi connectivity index (χ1n) is 5.26. The third kappa shape index (κ3) is 2.13. The molecular formula is C12H17NOS. The zero-order valence-corrected chi connectivity index (χ0v) is 10.2. The number of thioether (sulfide) groups is 1. The van der Waals surface area contributed by atoms with E-state index in [1.807, 2.05) is 24.9 Å². The van der Waals surface area contributed by atoms with E-state index in [0.717, 1.165) is 5.75 Å². The zero-order chi connectivity index (χ0) is 10.8. The number of hydrogen-bond acceptors (Lipinski definition) is 3. The van der Waals surface area contributed by atoms with Gasteiger partial charge in [-0.1, -0.05) is 6.92 Å². The van der Waals surface area contributed by atoms with Crippen molar-refractivity contribution in [2.24, 2.45) is 0 Å². The van der Waals surface area contributed by atoms with Crippen LogP contribution in [0.15, 0.2) is 23.1 Å². The van der Waals surface area contributed by atoms with Crippen molar-refractivity contribution < 1.29 is 4.74 Å². The molecule has 15 heavy (non-hydrogen) atoms. The second kappa shape index (κ2) is 4.45. The Kier molecular flexibility index (Phi) is 3.22. The summed E-state index contributed by atoms with van der Waals surface area (Å²) in [5, 5.41) is 4.06. The van der Waals surface area contributed by atoms with Crippen LogP contribution in [0.5, 0.6) is 5.75 Å². The molecule has 1 N–H and O–H groups in total. The lowest BCUT2D eigenvalue weighted by atomic mass is 10.0. The zero-order valence-electron chi connectivity index (χ0n) is 9.41. The van der Waals surface area contributed by atoms with Crippen LogP contribution in [0.2, 0.25) is 0 Å². The van der Waals surface area contributed by atoms with Gasteiger partial charge in [-0.3, -0.25) is 0 Å². The van der Waals surface area contributed by atoms with Gasteiger partial charge >= 0.3 is 0 Å². The third-order valence-electron chi connectivity index (χ3n) is 2.84. The Balaban J connectivity index is 2.38. The number of methoxy groups -OCH3 is 1. The number of nitrogens with one attached hydrogen (secondary N) is 1. The smallest absolute Gasteiger partial charge is 0.119 e. The third-order valence-corrected chi connectivity index (χ3v) is 4.06. The summed E-state index contributed by atoms with van der Waals surface area (Å²) >= 11 is 1.95. The summed E-state index contributed by atoms with van der Waals surface area (Å²) in [5.41, 5.74) is 1.37. The van der Waals surface area contributed by atoms with Gasteiger partial charge in [-0.25, -0.2) is 0 Å². The van der Waals surface area contributed by atoms with Crippen molar-refractivity contribution in [2.45, 2.75) is 29.5 Å². The molecule has 0 bridgehead atoms. The lowest BCUT2D eigenvalue weighted by Gasteiger charge is -2.29. The molecule has 2 unspecified atom stereocenters. The van der Waals surface area contributed by atoms with Crippen LogP contribution in [0.1, 0.15) is 24.9 Å². The Hall–Kier alpha value is -0.670. The first kappa shape index (κ1) is 10.8. The van der Waals surface area contributed by atoms with Crippen molar-refractivity contribution in [3.63, 3.8) is 0 Å². The van der Waals surface area contributed by atoms with E-state index in [4.69, 9.17) is 4.74 Å². The van der Waals surface area contributed by atoms with Gasteiger partial charge in [0, 0.05) is 16.2 Å². The molecule has 0 saturated heterocycles. The number of ether oxygens (including phenoxy) is 1. The quantitative estimate of drug-likeness (QED) is 0.833. The fraction of sp³-hybridized carbons (Fsp3) is 0.500. The molecule has 1 aromatic carbocycles. The maximum absolute atomic E-state index is 5.26. The Bertz CT molecular complexity index is 353. The SMILES string of the molecule is CNC1CC(C)Sc2ccc(OC)cc21. The highest BCUT2D eigenvalue weighted by atomic mass is 32.2. The maximum Gasteiger partial charge on any atom is 0.119 e. The minimum absolute atomic E-state index is 0.464. The molecule has 0 radical (unpaired) electrons. The summed E-state index contributed by atoms with van der Waals surface area (Å²) in [6, 6.07) is 6.82. The summed E-state index contributed by atoms with van der Waals surface area (Å²) in [6.07, 6.45) is 1.18. The first-order valence-corrected chi connectivity index (χ1v) is 6.14. The summed E-state index contributed by atoms with van der Waals surface area (Å²) < 4.78 is 5.26. The van der Waals surface area contributed by atoms with E-state index >= 15 is 0 Å². The van der Waals surface area contributed by atoms with E-state index < -0.39 is 0 Å². The van der Waals surface area contributed by atoms with Gasteiger partial charge in [0.15, 0.2) is 0 Å². The average Bonchev–Trinajstić information content (AvgIpc) is 2.27. The molecule has 3 heteroatoms. The Morgan fingerprint density at radius 2 is 2.27 bits per heavy atom. The lowest BCUT2D eigenvalue weighted by molar-refractivity contribution is 0.411. The molecule has 0 fully saturated rings. The molecule has 82 valence electrons. The van der Waals surface area contributed by atoms with E-state index in [1.165, 1.54) is 16.9 Å². The number of fused-ring (bicyclic) bond motifs is 1. The number of hydrogen-bond donors (Lipinski definition) is 1. The molecule has 0 aliphatic carbocycles. The molecule has 0 amide bonds. The first-order chi connectivity index (χ1) is 7.24. The maximum atomic E-state index is 5.26. The molecular weight excluding hydrogens is 206 g/mol. The van der Waals surface area contributed by atoms with Gasteiger partial charge in [0.25, 0.3) is 0 Å². The van der Waals surface area contributed by atoms with Gasteiger partial charge in [0.1, 0.15) is 5.75 Å². The van der Waals surface area contributed by atoms with Crippen LogP contribution >= 0.6 is 11.8 Å². The summed E-state index contributed by atoms with van der Waals surface area (Å²) in [6.45, 7) is 2.28. The average molecular weight is 223 g/mol. The second-order valence-electron chi connectivity index (χ2n) is 3.91. The summed E-state index contributed by atoms with van der Waals surface area (Å²) in [7, 11) is 3.74. The minimum Gasteiger partial charge on any atom is -0.497 e. The number of rotatable bonds is 2. The highest BCUT2D eigenvalue weighted by Crippen LogP contribution is 2.41. The Morgan fingerprint density at radius 3 is 2.93 bits per heavy atom. The minimum atomic E-state index is 0.464. The molecule has 2 nitrogen and oxygen atoms in total. The van der Waals surface area contributed by atoms with Crippen LogP contribution in [0.4, 0.5) is 0 Å². The van der Waals surface area contributed by atoms with Crippen molar-refractivity contribution in [2.75, 3.05) is 14.2 Å². The normalized spacial score (nSPS) is 24.7. The van der Waals surface area contributed by atoms with Crippen molar-refractivity contribution in [1.29, 1.82) is 0 Å². The lowest BCUT2D eigenvalue weighted by Crippen LogP contribution is -2.23. The van der Waals surface area contributed by atoms with E-state index in [9.17, 15) is 0 Å². The van der Waals surface area contributed by atoms with Gasteiger partial charge in [0.05, 0.1) is 7.11 Å². The van der Waals surface area contributed by atoms with E-state index in [1.54, 1.807) is 7.11 Å². The second-order valence-corrected chi connectivity index (χ2v) is 5.39. The van der Waals surface area contributed by atoms with Crippen LogP contribution in [0, 0.1) is 0 Å². The van der Waals surface area contributed by atoms with Crippen molar-refractivity contribution >= 4 is 11.8 Å². The molecule has 0 saturated carbocycles. The fourth-order valence-corrected chi connectivity index (χ4v) is 3.24. The molecule has 1 heterocycles. The van der Waals surface area contributed by atoms with E-state index in [2.05, 4.69) is 24.4 Å². The summed E-state index contributed by atoms with van der Waals surface area (Å²) in [5.74, 6) is 0.948. The Labute approximate surface area is 95.4 Å². The van der Waals surface area contributed by atoms with Crippen LogP contribution < -0.4 is 10.1 Å². The van der Waals surface area contributed by atoms with Gasteiger partial charge in [0.2, 0.25) is 0 Å². The van der Waals surface area contributed by atoms with Crippen molar-refractivity contribution in [1.82, 2.24) is 5.32 Å². The van der Waals surface area contributed by atoms with Gasteiger partial charge in [-0.15, -0.1) is 11.8 Å². The monoisotopic (exact) mass is 223 g/mol. The molecule has 1 aliphatic rings. The molecule has 0 aromatic heterocycles. The van der Waals surface area contributed by atoms with Crippen LogP contribution in [-0.2, 0) is 0 Å². The van der Waals surface area contributed by atoms with Gasteiger partial charge < -0.3 is 10.1 Å². The van der Waals surface area contributed by atoms with Crippen LogP contribution in [0.25, 0.3) is 0 Å². The molecule has 2 rings (SSSR count). The predicted molar refractivity (Wildman–Crippen MR) is 64.7 cm³/mol. The molecule has 1 aromatic rings. The highest BCUT2D eigenvalue weighted by Gasteiger charge is 2.24. The fourth-order valence-electron chi connectivity index (χ4n) is 2.03. The van der Waals surface area contributed by atoms with Crippen molar-refractivity contribution in [3.05, 3.63) is 23.8 Å².